The number of ether oxygens (including phenoxy) is 2. The van der Waals surface area contributed by atoms with E-state index < -0.39 is 57.6 Å². The summed E-state index contributed by atoms with van der Waals surface area (Å²) in [5.41, 5.74) is 7.95. The number of hydrogen-bond donors (Lipinski definition) is 4. The number of amidine groups is 1. The van der Waals surface area contributed by atoms with Crippen LogP contribution in [-0.2, 0) is 35.6 Å². The maximum atomic E-state index is 14.3. The van der Waals surface area contributed by atoms with Gasteiger partial charge in [-0.15, -0.1) is 4.40 Å². The number of aryl methyl sites for hydroxylation is 1. The van der Waals surface area contributed by atoms with Crippen LogP contribution < -0.4 is 21.1 Å². The third-order valence-corrected chi connectivity index (χ3v) is 11.6. The summed E-state index contributed by atoms with van der Waals surface area (Å²) in [6.45, 7) is 14.9. The van der Waals surface area contributed by atoms with Crippen molar-refractivity contribution in [2.45, 2.75) is 135 Å². The van der Waals surface area contributed by atoms with Crippen molar-refractivity contribution < 1.29 is 42.2 Å². The lowest BCUT2D eigenvalue weighted by atomic mass is 9.95. The van der Waals surface area contributed by atoms with Crippen LogP contribution in [0.3, 0.4) is 0 Å². The van der Waals surface area contributed by atoms with Crippen LogP contribution in [0.15, 0.2) is 57.8 Å². The molecule has 14 nitrogen and oxygen atoms in total. The van der Waals surface area contributed by atoms with Gasteiger partial charge in [-0.05, 0) is 114 Å². The van der Waals surface area contributed by atoms with Gasteiger partial charge in [-0.2, -0.15) is 8.42 Å². The number of rotatable bonds is 19. The molecule has 1 aliphatic heterocycles. The summed E-state index contributed by atoms with van der Waals surface area (Å²) in [5.74, 6) is -2.04. The summed E-state index contributed by atoms with van der Waals surface area (Å²) in [4.78, 5) is 54.5. The Balaban J connectivity index is 1.71. The smallest absolute Gasteiger partial charge is 0.408 e. The van der Waals surface area contributed by atoms with Crippen molar-refractivity contribution in [1.82, 2.24) is 15.5 Å². The number of carboxylic acid groups (broad SMARTS) is 1. The Labute approximate surface area is 344 Å². The number of hydrogen-bond acceptors (Lipinski definition) is 8. The highest BCUT2D eigenvalue weighted by molar-refractivity contribution is 7.90. The number of methoxy groups -OCH3 is 1. The highest BCUT2D eigenvalue weighted by Gasteiger charge is 2.38. The second kappa shape index (κ2) is 21.2. The molecule has 0 saturated carbocycles. The molecule has 58 heavy (non-hydrogen) atoms. The molecule has 15 heteroatoms. The Hall–Kier alpha value is -4.92. The number of amides is 3. The molecule has 0 aliphatic carbocycles. The number of unbranched alkanes of at least 4 members (excludes halogenated alkanes) is 1. The fraction of sp³-hybridized carbons (Fsp3) is 0.558. The van der Waals surface area contributed by atoms with Crippen molar-refractivity contribution >= 4 is 39.7 Å². The van der Waals surface area contributed by atoms with Crippen LogP contribution in [0.25, 0.3) is 0 Å². The summed E-state index contributed by atoms with van der Waals surface area (Å²) >= 11 is 0. The molecule has 1 fully saturated rings. The Morgan fingerprint density at radius 3 is 2.31 bits per heavy atom. The van der Waals surface area contributed by atoms with E-state index in [2.05, 4.69) is 15.0 Å². The summed E-state index contributed by atoms with van der Waals surface area (Å²) in [5, 5.41) is 15.6. The standard InChI is InChI=1S/C43H63N5O9S/c1-27(2)24-33(45-42(53)57-43(6,7)8)22-21-32(26-31-16-11-10-12-17-31)40(50)48-23-15-19-35(48)39(49)46-34(41(51)52)18-13-14-20-37(44)47-58(54,55)38-28(3)25-36(56-9)29(4)30(38)5/h10-12,16-17,21-22,25,27,32-35H,13-15,18-20,23-24,26H2,1-9H3,(H2,44,47)(H,45,53)(H,46,49)(H,51,52)/b22-21+/t32-,33-,34+,35+/m1/s1. The molecule has 0 spiro atoms. The van der Waals surface area contributed by atoms with E-state index in [9.17, 15) is 32.7 Å². The van der Waals surface area contributed by atoms with Gasteiger partial charge in [-0.25, -0.2) is 9.59 Å². The van der Waals surface area contributed by atoms with Crippen LogP contribution in [0.2, 0.25) is 0 Å². The molecule has 1 heterocycles. The molecule has 2 aromatic carbocycles. The van der Waals surface area contributed by atoms with Gasteiger partial charge in [0.25, 0.3) is 10.0 Å². The number of sulfonamides is 1. The number of carboxylic acids is 1. The van der Waals surface area contributed by atoms with Gasteiger partial charge in [0.2, 0.25) is 11.8 Å². The molecule has 0 unspecified atom stereocenters. The van der Waals surface area contributed by atoms with E-state index in [1.165, 1.54) is 12.0 Å². The van der Waals surface area contributed by atoms with E-state index in [1.807, 2.05) is 50.3 Å². The molecular formula is C43H63N5O9S. The Bertz CT molecular complexity index is 1920. The average molecular weight is 826 g/mol. The lowest BCUT2D eigenvalue weighted by Crippen LogP contribution is -2.52. The third kappa shape index (κ3) is 14.2. The second-order valence-electron chi connectivity index (χ2n) is 16.4. The number of aliphatic carboxylic acids is 1. The number of carbonyl (C=O) groups excluding carboxylic acids is 3. The number of benzene rings is 2. The van der Waals surface area contributed by atoms with Crippen molar-refractivity contribution in [3.05, 3.63) is 70.8 Å². The van der Waals surface area contributed by atoms with Crippen molar-refractivity contribution in [3.63, 3.8) is 0 Å². The first-order valence-electron chi connectivity index (χ1n) is 19.9. The lowest BCUT2D eigenvalue weighted by molar-refractivity contribution is -0.144. The fourth-order valence-electron chi connectivity index (χ4n) is 7.10. The molecule has 5 N–H and O–H groups in total. The molecule has 1 aliphatic rings. The van der Waals surface area contributed by atoms with Gasteiger partial charge in [0.1, 0.15) is 29.3 Å². The zero-order valence-corrected chi connectivity index (χ0v) is 36.3. The van der Waals surface area contributed by atoms with Crippen molar-refractivity contribution in [2.75, 3.05) is 13.7 Å². The van der Waals surface area contributed by atoms with Crippen molar-refractivity contribution in [1.29, 1.82) is 0 Å². The monoisotopic (exact) mass is 825 g/mol. The minimum Gasteiger partial charge on any atom is -0.496 e. The quantitative estimate of drug-likeness (QED) is 0.0551. The largest absolute Gasteiger partial charge is 0.496 e. The number of nitrogens with zero attached hydrogens (tertiary/aromatic N) is 2. The third-order valence-electron chi connectivity index (χ3n) is 9.94. The molecule has 0 bridgehead atoms. The maximum Gasteiger partial charge on any atom is 0.408 e. The molecule has 0 aromatic heterocycles. The zero-order valence-electron chi connectivity index (χ0n) is 35.5. The van der Waals surface area contributed by atoms with E-state index in [4.69, 9.17) is 15.2 Å². The maximum absolute atomic E-state index is 14.3. The summed E-state index contributed by atoms with van der Waals surface area (Å²) in [7, 11) is -2.61. The number of likely N-dealkylation sites (tertiary alicyclic amines) is 1. The molecule has 3 amide bonds. The van der Waals surface area contributed by atoms with Crippen LogP contribution in [0.4, 0.5) is 4.79 Å². The molecule has 4 atom stereocenters. The number of nitrogens with two attached hydrogens (primary N) is 1. The highest BCUT2D eigenvalue weighted by Crippen LogP contribution is 2.32. The first-order chi connectivity index (χ1) is 27.1. The van der Waals surface area contributed by atoms with Crippen LogP contribution in [-0.4, -0.2) is 85.5 Å². The lowest BCUT2D eigenvalue weighted by Gasteiger charge is -2.28. The van der Waals surface area contributed by atoms with Crippen molar-refractivity contribution in [3.8, 4) is 5.75 Å². The first kappa shape index (κ1) is 47.5. The molecule has 0 radical (unpaired) electrons. The molecular weight excluding hydrogens is 763 g/mol. The van der Waals surface area contributed by atoms with Gasteiger partial charge < -0.3 is 35.8 Å². The summed E-state index contributed by atoms with van der Waals surface area (Å²) in [6, 6.07) is 8.63. The van der Waals surface area contributed by atoms with Crippen molar-refractivity contribution in [2.24, 2.45) is 22.0 Å². The van der Waals surface area contributed by atoms with Gasteiger partial charge in [0.15, 0.2) is 0 Å². The van der Waals surface area contributed by atoms with E-state index in [0.29, 0.717) is 67.5 Å². The van der Waals surface area contributed by atoms with Crippen LogP contribution in [0.5, 0.6) is 5.75 Å². The van der Waals surface area contributed by atoms with E-state index in [0.717, 1.165) is 5.56 Å². The van der Waals surface area contributed by atoms with Gasteiger partial charge in [-0.3, -0.25) is 9.59 Å². The minimum atomic E-state index is -4.12. The molecule has 2 aromatic rings. The normalized spacial score (nSPS) is 16.6. The molecule has 1 saturated heterocycles. The molecule has 320 valence electrons. The van der Waals surface area contributed by atoms with Crippen LogP contribution in [0, 0.1) is 32.6 Å². The number of carbonyl (C=O) groups is 4. The SMILES string of the molecule is COc1cc(C)c(S(=O)(=O)N=C(N)CCCC[C@H](NC(=O)[C@@H]2CCCN2C(=O)[C@H](/C=C/[C@H](CC(C)C)NC(=O)OC(C)(C)C)Cc2ccccc2)C(=O)O)c(C)c1C. The summed E-state index contributed by atoms with van der Waals surface area (Å²) in [6.07, 6.45) is 5.72. The first-order valence-corrected chi connectivity index (χ1v) is 21.4. The predicted molar refractivity (Wildman–Crippen MR) is 224 cm³/mol. The van der Waals surface area contributed by atoms with Crippen LogP contribution in [0.1, 0.15) is 102 Å². The second-order valence-corrected chi connectivity index (χ2v) is 18.0. The van der Waals surface area contributed by atoms with Gasteiger partial charge in [0.05, 0.1) is 24.0 Å². The Morgan fingerprint density at radius 1 is 1.03 bits per heavy atom. The highest BCUT2D eigenvalue weighted by atomic mass is 32.2. The van der Waals surface area contributed by atoms with Gasteiger partial charge in [-0.1, -0.05) is 62.8 Å². The number of alkyl carbamates (subject to hydrolysis) is 1. The predicted octanol–water partition coefficient (Wildman–Crippen LogP) is 6.14. The van der Waals surface area contributed by atoms with E-state index in [-0.39, 0.29) is 35.4 Å². The zero-order chi connectivity index (χ0) is 43.4. The van der Waals surface area contributed by atoms with Crippen LogP contribution >= 0.6 is 0 Å². The number of nitrogens with one attached hydrogen (secondary N) is 2. The fourth-order valence-corrected chi connectivity index (χ4v) is 8.60. The topological polar surface area (TPSA) is 207 Å². The summed E-state index contributed by atoms with van der Waals surface area (Å²) < 4.78 is 41.1. The van der Waals surface area contributed by atoms with Gasteiger partial charge in [0, 0.05) is 13.0 Å². The Morgan fingerprint density at radius 2 is 1.71 bits per heavy atom. The molecule has 3 rings (SSSR count). The Kier molecular flexibility index (Phi) is 17.3. The average Bonchev–Trinajstić information content (AvgIpc) is 3.62. The van der Waals surface area contributed by atoms with E-state index >= 15 is 0 Å². The van der Waals surface area contributed by atoms with Gasteiger partial charge >= 0.3 is 12.1 Å². The van der Waals surface area contributed by atoms with E-state index in [1.54, 1.807) is 53.7 Å². The minimum absolute atomic E-state index is 0.0545.